The van der Waals surface area contributed by atoms with E-state index in [-0.39, 0.29) is 0 Å². The molecule has 0 spiro atoms. The fourth-order valence-corrected chi connectivity index (χ4v) is 1.78. The summed E-state index contributed by atoms with van der Waals surface area (Å²) in [6.07, 6.45) is 11.4. The van der Waals surface area contributed by atoms with Crippen molar-refractivity contribution in [2.45, 2.75) is 39.5 Å². The van der Waals surface area contributed by atoms with E-state index in [1.807, 2.05) is 12.1 Å². The molecule has 0 saturated heterocycles. The van der Waals surface area contributed by atoms with Crippen molar-refractivity contribution in [3.8, 4) is 5.75 Å². The van der Waals surface area contributed by atoms with Crippen LogP contribution in [0, 0.1) is 0 Å². The zero-order valence-electron chi connectivity index (χ0n) is 11.8. The third-order valence-electron chi connectivity index (χ3n) is 2.64. The van der Waals surface area contributed by atoms with Crippen LogP contribution in [0.15, 0.2) is 48.1 Å². The van der Waals surface area contributed by atoms with Gasteiger partial charge in [-0.1, -0.05) is 50.6 Å². The Hall–Kier alpha value is -1.50. The smallest absolute Gasteiger partial charge is 0.118 e. The van der Waals surface area contributed by atoms with Gasteiger partial charge in [0.15, 0.2) is 0 Å². The first-order chi connectivity index (χ1) is 8.80. The fourth-order valence-electron chi connectivity index (χ4n) is 1.78. The van der Waals surface area contributed by atoms with E-state index >= 15 is 0 Å². The zero-order valence-corrected chi connectivity index (χ0v) is 11.8. The first-order valence-corrected chi connectivity index (χ1v) is 6.78. The summed E-state index contributed by atoms with van der Waals surface area (Å²) in [6.45, 7) is 4.25. The summed E-state index contributed by atoms with van der Waals surface area (Å²) < 4.78 is 5.13. The van der Waals surface area contributed by atoms with Crippen LogP contribution in [-0.2, 0) is 6.42 Å². The van der Waals surface area contributed by atoms with Crippen molar-refractivity contribution >= 4 is 0 Å². The average Bonchev–Trinajstić information content (AvgIpc) is 2.42. The Kier molecular flexibility index (Phi) is 6.93. The molecule has 1 aromatic carbocycles. The van der Waals surface area contributed by atoms with E-state index in [9.17, 15) is 0 Å². The number of rotatable bonds is 3. The maximum Gasteiger partial charge on any atom is 0.118 e. The molecule has 1 aliphatic rings. The van der Waals surface area contributed by atoms with Crippen LogP contribution in [0.2, 0.25) is 0 Å². The molecule has 0 amide bonds. The maximum atomic E-state index is 5.13. The van der Waals surface area contributed by atoms with Crippen molar-refractivity contribution in [2.24, 2.45) is 0 Å². The van der Waals surface area contributed by atoms with Gasteiger partial charge in [0.05, 0.1) is 7.11 Å². The van der Waals surface area contributed by atoms with Gasteiger partial charge in [0.2, 0.25) is 0 Å². The molecule has 0 unspecified atom stereocenters. The number of allylic oxidation sites excluding steroid dienone is 4. The van der Waals surface area contributed by atoms with Gasteiger partial charge in [-0.3, -0.25) is 0 Å². The molecule has 1 aliphatic carbocycles. The predicted molar refractivity (Wildman–Crippen MR) is 79.1 cm³/mol. The highest BCUT2D eigenvalue weighted by atomic mass is 16.5. The van der Waals surface area contributed by atoms with Gasteiger partial charge < -0.3 is 4.74 Å². The highest BCUT2D eigenvalue weighted by Gasteiger charge is 1.99. The second-order valence-corrected chi connectivity index (χ2v) is 4.49. The number of hydrogen-bond donors (Lipinski definition) is 0. The molecule has 1 aromatic rings. The van der Waals surface area contributed by atoms with Crippen LogP contribution in [0.5, 0.6) is 5.75 Å². The van der Waals surface area contributed by atoms with Gasteiger partial charge in [-0.25, -0.2) is 0 Å². The lowest BCUT2D eigenvalue weighted by Crippen LogP contribution is -1.91. The van der Waals surface area contributed by atoms with Gasteiger partial charge in [-0.15, -0.1) is 0 Å². The standard InChI is InChI=1S/C14H16O.C3H8/c1-15-14-9-7-13(8-10-14)11-12-5-3-2-4-6-12;1-3-2/h3,5-10H,2,4,11H2,1H3;3H2,1-2H3. The second kappa shape index (κ2) is 8.57. The quantitative estimate of drug-likeness (QED) is 0.732. The molecule has 0 atom stereocenters. The van der Waals surface area contributed by atoms with E-state index in [1.165, 1.54) is 30.4 Å². The summed E-state index contributed by atoms with van der Waals surface area (Å²) in [6, 6.07) is 8.29. The van der Waals surface area contributed by atoms with Crippen LogP contribution in [0.4, 0.5) is 0 Å². The Labute approximate surface area is 111 Å². The topological polar surface area (TPSA) is 9.23 Å². The molecule has 0 saturated carbocycles. The predicted octanol–water partition coefficient (Wildman–Crippen LogP) is 4.93. The van der Waals surface area contributed by atoms with Crippen molar-refractivity contribution in [3.05, 3.63) is 53.6 Å². The molecule has 2 rings (SSSR count). The molecule has 18 heavy (non-hydrogen) atoms. The molecule has 98 valence electrons. The van der Waals surface area contributed by atoms with E-state index in [4.69, 9.17) is 4.74 Å². The molecular weight excluding hydrogens is 220 g/mol. The van der Waals surface area contributed by atoms with Crippen LogP contribution >= 0.6 is 0 Å². The Bertz CT molecular complexity index is 385. The van der Waals surface area contributed by atoms with E-state index in [1.54, 1.807) is 7.11 Å². The molecule has 0 bridgehead atoms. The van der Waals surface area contributed by atoms with Crippen LogP contribution < -0.4 is 4.74 Å². The summed E-state index contributed by atoms with van der Waals surface area (Å²) >= 11 is 0. The summed E-state index contributed by atoms with van der Waals surface area (Å²) in [7, 11) is 1.70. The minimum absolute atomic E-state index is 0.923. The molecule has 1 nitrogen and oxygen atoms in total. The molecule has 0 radical (unpaired) electrons. The van der Waals surface area contributed by atoms with Crippen LogP contribution in [-0.4, -0.2) is 7.11 Å². The molecule has 0 heterocycles. The van der Waals surface area contributed by atoms with Crippen molar-refractivity contribution in [3.63, 3.8) is 0 Å². The van der Waals surface area contributed by atoms with Gasteiger partial charge in [0.1, 0.15) is 5.75 Å². The lowest BCUT2D eigenvalue weighted by Gasteiger charge is -2.07. The van der Waals surface area contributed by atoms with Crippen molar-refractivity contribution < 1.29 is 4.74 Å². The third-order valence-corrected chi connectivity index (χ3v) is 2.64. The van der Waals surface area contributed by atoms with Crippen molar-refractivity contribution in [2.75, 3.05) is 7.11 Å². The van der Waals surface area contributed by atoms with Gasteiger partial charge in [-0.05, 0) is 42.5 Å². The maximum absolute atomic E-state index is 5.13. The van der Waals surface area contributed by atoms with Gasteiger partial charge in [0, 0.05) is 0 Å². The van der Waals surface area contributed by atoms with Gasteiger partial charge >= 0.3 is 0 Å². The summed E-state index contributed by atoms with van der Waals surface area (Å²) in [5, 5.41) is 0. The minimum atomic E-state index is 0.923. The highest BCUT2D eigenvalue weighted by Crippen LogP contribution is 2.17. The SMILES string of the molecule is CCC.COc1ccc(CC2=CCCC=C2)cc1. The number of methoxy groups -OCH3 is 1. The number of ether oxygens (including phenoxy) is 1. The zero-order chi connectivity index (χ0) is 13.2. The Morgan fingerprint density at radius 2 is 1.72 bits per heavy atom. The van der Waals surface area contributed by atoms with Crippen molar-refractivity contribution in [1.29, 1.82) is 0 Å². The third kappa shape index (κ3) is 5.22. The molecular formula is C17H24O. The van der Waals surface area contributed by atoms with Crippen LogP contribution in [0.1, 0.15) is 38.7 Å². The molecule has 0 aromatic heterocycles. The van der Waals surface area contributed by atoms with Crippen molar-refractivity contribution in [1.82, 2.24) is 0 Å². The van der Waals surface area contributed by atoms with Gasteiger partial charge in [-0.2, -0.15) is 0 Å². The fraction of sp³-hybridized carbons (Fsp3) is 0.412. The summed E-state index contributed by atoms with van der Waals surface area (Å²) in [5.41, 5.74) is 2.76. The van der Waals surface area contributed by atoms with Crippen LogP contribution in [0.25, 0.3) is 0 Å². The summed E-state index contributed by atoms with van der Waals surface area (Å²) in [5.74, 6) is 0.923. The summed E-state index contributed by atoms with van der Waals surface area (Å²) in [4.78, 5) is 0. The normalized spacial score (nSPS) is 13.4. The molecule has 0 aliphatic heterocycles. The number of hydrogen-bond acceptors (Lipinski definition) is 1. The first kappa shape index (κ1) is 14.6. The van der Waals surface area contributed by atoms with Crippen LogP contribution in [0.3, 0.4) is 0 Å². The van der Waals surface area contributed by atoms with E-state index in [0.717, 1.165) is 12.2 Å². The largest absolute Gasteiger partial charge is 0.497 e. The lowest BCUT2D eigenvalue weighted by atomic mass is 10.00. The Balaban J connectivity index is 0.000000492. The Morgan fingerprint density at radius 3 is 2.22 bits per heavy atom. The average molecular weight is 244 g/mol. The lowest BCUT2D eigenvalue weighted by molar-refractivity contribution is 0.414. The Morgan fingerprint density at radius 1 is 1.06 bits per heavy atom. The van der Waals surface area contributed by atoms with E-state index in [0.29, 0.717) is 0 Å². The highest BCUT2D eigenvalue weighted by molar-refractivity contribution is 5.33. The first-order valence-electron chi connectivity index (χ1n) is 6.78. The van der Waals surface area contributed by atoms with Gasteiger partial charge in [0.25, 0.3) is 0 Å². The molecule has 0 N–H and O–H groups in total. The number of benzene rings is 1. The van der Waals surface area contributed by atoms with E-state index < -0.39 is 0 Å². The van der Waals surface area contributed by atoms with E-state index in [2.05, 4.69) is 44.2 Å². The second-order valence-electron chi connectivity index (χ2n) is 4.49. The monoisotopic (exact) mass is 244 g/mol. The molecule has 0 fully saturated rings. The minimum Gasteiger partial charge on any atom is -0.497 e. The molecule has 1 heteroatoms.